The summed E-state index contributed by atoms with van der Waals surface area (Å²) in [6.45, 7) is 0.174. The van der Waals surface area contributed by atoms with Crippen molar-refractivity contribution >= 4 is 57.5 Å². The first kappa shape index (κ1) is 16.9. The molecule has 5 nitrogen and oxygen atoms in total. The molecule has 3 aromatic rings. The number of nitrogens with one attached hydrogen (secondary N) is 1. The van der Waals surface area contributed by atoms with E-state index in [1.165, 1.54) is 4.57 Å². The Hall–Kier alpha value is -1.95. The molecule has 24 heavy (non-hydrogen) atoms. The molecule has 0 unspecified atom stereocenters. The minimum atomic E-state index is -0.536. The number of hydrogen-bond acceptors (Lipinski definition) is 3. The zero-order valence-electron chi connectivity index (χ0n) is 12.2. The number of carbonyl (C=O) groups is 1. The van der Waals surface area contributed by atoms with E-state index in [9.17, 15) is 9.59 Å². The third-order valence-corrected chi connectivity index (χ3v) is 4.01. The van der Waals surface area contributed by atoms with Crippen molar-refractivity contribution in [2.75, 3.05) is 5.32 Å². The van der Waals surface area contributed by atoms with Crippen LogP contribution in [0, 0.1) is 0 Å². The number of benzene rings is 2. The summed E-state index contributed by atoms with van der Waals surface area (Å²) in [7, 11) is 0. The lowest BCUT2D eigenvalue weighted by atomic mass is 10.3. The van der Waals surface area contributed by atoms with Crippen LogP contribution in [0.5, 0.6) is 0 Å². The average Bonchev–Trinajstić information content (AvgIpc) is 2.78. The van der Waals surface area contributed by atoms with E-state index < -0.39 is 5.76 Å². The number of fused-ring (bicyclic) bond motifs is 1. The van der Waals surface area contributed by atoms with Crippen LogP contribution in [0.2, 0.25) is 15.1 Å². The van der Waals surface area contributed by atoms with Crippen molar-refractivity contribution in [3.63, 3.8) is 0 Å². The Morgan fingerprint density at radius 3 is 2.46 bits per heavy atom. The van der Waals surface area contributed by atoms with E-state index in [0.29, 0.717) is 31.9 Å². The largest absolute Gasteiger partial charge is 0.419 e. The molecular weight excluding hydrogens is 375 g/mol. The van der Waals surface area contributed by atoms with Crippen molar-refractivity contribution in [1.82, 2.24) is 4.57 Å². The normalized spacial score (nSPS) is 11.0. The first-order valence-corrected chi connectivity index (χ1v) is 8.10. The quantitative estimate of drug-likeness (QED) is 0.715. The molecule has 0 radical (unpaired) electrons. The van der Waals surface area contributed by atoms with Crippen LogP contribution in [-0.4, -0.2) is 10.5 Å². The molecule has 0 saturated carbocycles. The van der Waals surface area contributed by atoms with E-state index in [1.807, 2.05) is 0 Å². The molecular formula is C16H11Cl3N2O3. The van der Waals surface area contributed by atoms with Gasteiger partial charge >= 0.3 is 5.76 Å². The van der Waals surface area contributed by atoms with Gasteiger partial charge in [0, 0.05) is 39.8 Å². The molecule has 3 rings (SSSR count). The molecule has 1 N–H and O–H groups in total. The van der Waals surface area contributed by atoms with Gasteiger partial charge in [-0.2, -0.15) is 0 Å². The molecule has 0 spiro atoms. The molecule has 1 amide bonds. The Labute approximate surface area is 151 Å². The number of amides is 1. The molecule has 0 bridgehead atoms. The molecule has 0 aliphatic carbocycles. The fraction of sp³-hybridized carbons (Fsp3) is 0.125. The number of halogens is 3. The van der Waals surface area contributed by atoms with E-state index >= 15 is 0 Å². The summed E-state index contributed by atoms with van der Waals surface area (Å²) in [5.74, 6) is -0.811. The van der Waals surface area contributed by atoms with Gasteiger partial charge in [0.15, 0.2) is 5.58 Å². The minimum Gasteiger partial charge on any atom is -0.408 e. The van der Waals surface area contributed by atoms with Crippen LogP contribution in [-0.2, 0) is 11.3 Å². The van der Waals surface area contributed by atoms with Crippen molar-refractivity contribution in [3.05, 3.63) is 62.0 Å². The maximum absolute atomic E-state index is 12.1. The molecule has 1 heterocycles. The smallest absolute Gasteiger partial charge is 0.408 e. The summed E-state index contributed by atoms with van der Waals surface area (Å²) < 4.78 is 6.50. The van der Waals surface area contributed by atoms with Gasteiger partial charge in [0.25, 0.3) is 0 Å². The second-order valence-corrected chi connectivity index (χ2v) is 6.40. The fourth-order valence-electron chi connectivity index (χ4n) is 2.31. The summed E-state index contributed by atoms with van der Waals surface area (Å²) in [4.78, 5) is 24.0. The van der Waals surface area contributed by atoms with Gasteiger partial charge in [-0.15, -0.1) is 0 Å². The lowest BCUT2D eigenvalue weighted by Crippen LogP contribution is -2.19. The topological polar surface area (TPSA) is 64.2 Å². The minimum absolute atomic E-state index is 0.0846. The first-order chi connectivity index (χ1) is 11.4. The van der Waals surface area contributed by atoms with Gasteiger partial charge in [-0.3, -0.25) is 9.36 Å². The first-order valence-electron chi connectivity index (χ1n) is 6.97. The van der Waals surface area contributed by atoms with Crippen LogP contribution in [0.3, 0.4) is 0 Å². The van der Waals surface area contributed by atoms with Gasteiger partial charge in [0.05, 0.1) is 5.52 Å². The molecule has 0 fully saturated rings. The molecule has 124 valence electrons. The van der Waals surface area contributed by atoms with Crippen LogP contribution in [0.15, 0.2) is 45.6 Å². The van der Waals surface area contributed by atoms with Crippen LogP contribution >= 0.6 is 34.8 Å². The Bertz CT molecular complexity index is 958. The van der Waals surface area contributed by atoms with Crippen molar-refractivity contribution in [2.24, 2.45) is 0 Å². The Morgan fingerprint density at radius 1 is 1.04 bits per heavy atom. The number of anilines is 1. The highest BCUT2D eigenvalue weighted by Crippen LogP contribution is 2.23. The molecule has 8 heteroatoms. The van der Waals surface area contributed by atoms with Gasteiger partial charge in [-0.1, -0.05) is 34.8 Å². The fourth-order valence-corrected chi connectivity index (χ4v) is 3.00. The predicted molar refractivity (Wildman–Crippen MR) is 95.2 cm³/mol. The highest BCUT2D eigenvalue weighted by atomic mass is 35.5. The van der Waals surface area contributed by atoms with E-state index in [2.05, 4.69) is 5.32 Å². The van der Waals surface area contributed by atoms with Crippen molar-refractivity contribution < 1.29 is 9.21 Å². The number of aryl methyl sites for hydroxylation is 1. The van der Waals surface area contributed by atoms with Crippen molar-refractivity contribution in [3.8, 4) is 0 Å². The van der Waals surface area contributed by atoms with Crippen LogP contribution in [0.1, 0.15) is 6.42 Å². The number of hydrogen-bond donors (Lipinski definition) is 1. The van der Waals surface area contributed by atoms with Gasteiger partial charge in [-0.05, 0) is 30.3 Å². The summed E-state index contributed by atoms with van der Waals surface area (Å²) in [6, 6.07) is 9.64. The predicted octanol–water partition coefficient (Wildman–Crippen LogP) is 4.58. The third kappa shape index (κ3) is 3.75. The summed E-state index contributed by atoms with van der Waals surface area (Å²) in [5.41, 5.74) is 1.46. The summed E-state index contributed by atoms with van der Waals surface area (Å²) in [5, 5.41) is 4.00. The third-order valence-electron chi connectivity index (χ3n) is 3.34. The van der Waals surface area contributed by atoms with E-state index in [4.69, 9.17) is 39.2 Å². The molecule has 0 saturated heterocycles. The van der Waals surface area contributed by atoms with Gasteiger partial charge in [0.1, 0.15) is 0 Å². The van der Waals surface area contributed by atoms with Crippen molar-refractivity contribution in [2.45, 2.75) is 13.0 Å². The lowest BCUT2D eigenvalue weighted by molar-refractivity contribution is -0.116. The van der Waals surface area contributed by atoms with E-state index in [-0.39, 0.29) is 18.9 Å². The zero-order chi connectivity index (χ0) is 17.3. The second kappa shape index (κ2) is 6.89. The molecule has 0 aliphatic heterocycles. The van der Waals surface area contributed by atoms with Crippen LogP contribution in [0.4, 0.5) is 5.69 Å². The van der Waals surface area contributed by atoms with Crippen molar-refractivity contribution in [1.29, 1.82) is 0 Å². The summed E-state index contributed by atoms with van der Waals surface area (Å²) in [6.07, 6.45) is 0.0846. The van der Waals surface area contributed by atoms with E-state index in [0.717, 1.165) is 0 Å². The zero-order valence-corrected chi connectivity index (χ0v) is 14.5. The number of carbonyl (C=O) groups excluding carboxylic acids is 1. The van der Waals surface area contributed by atoms with Gasteiger partial charge < -0.3 is 9.73 Å². The summed E-state index contributed by atoms with van der Waals surface area (Å²) >= 11 is 17.6. The monoisotopic (exact) mass is 384 g/mol. The number of nitrogens with zero attached hydrogens (tertiary/aromatic N) is 1. The number of rotatable bonds is 4. The van der Waals surface area contributed by atoms with E-state index in [1.54, 1.807) is 36.4 Å². The van der Waals surface area contributed by atoms with Crippen LogP contribution < -0.4 is 11.1 Å². The van der Waals surface area contributed by atoms with Gasteiger partial charge in [0.2, 0.25) is 5.91 Å². The highest BCUT2D eigenvalue weighted by molar-refractivity contribution is 6.35. The SMILES string of the molecule is O=C(CCn1c(=O)oc2cc(Cl)ccc21)Nc1cc(Cl)cc(Cl)c1. The highest BCUT2D eigenvalue weighted by Gasteiger charge is 2.12. The maximum atomic E-state index is 12.1. The average molecular weight is 386 g/mol. The van der Waals surface area contributed by atoms with Gasteiger partial charge in [-0.25, -0.2) is 4.79 Å². The van der Waals surface area contributed by atoms with Crippen LogP contribution in [0.25, 0.3) is 11.1 Å². The molecule has 0 aliphatic rings. The number of aromatic nitrogens is 1. The Balaban J connectivity index is 1.72. The molecule has 0 atom stereocenters. The lowest BCUT2D eigenvalue weighted by Gasteiger charge is -2.07. The number of oxazole rings is 1. The second-order valence-electron chi connectivity index (χ2n) is 5.09. The maximum Gasteiger partial charge on any atom is 0.419 e. The Morgan fingerprint density at radius 2 is 1.75 bits per heavy atom. The molecule has 2 aromatic carbocycles. The molecule has 1 aromatic heterocycles. The Kier molecular flexibility index (Phi) is 4.85. The standard InChI is InChI=1S/C16H11Cl3N2O3/c17-9-1-2-13-14(8-9)24-16(23)21(13)4-3-15(22)20-12-6-10(18)5-11(19)7-12/h1-2,5-8H,3-4H2,(H,20,22).